The highest BCUT2D eigenvalue weighted by molar-refractivity contribution is 6.36. The zero-order valence-corrected chi connectivity index (χ0v) is 22.4. The Morgan fingerprint density at radius 2 is 1.83 bits per heavy atom. The van der Waals surface area contributed by atoms with E-state index in [4.69, 9.17) is 16.1 Å². The van der Waals surface area contributed by atoms with Gasteiger partial charge < -0.3 is 14.8 Å². The third-order valence-electron chi connectivity index (χ3n) is 7.18. The highest BCUT2D eigenvalue weighted by Gasteiger charge is 2.24. The summed E-state index contributed by atoms with van der Waals surface area (Å²) in [6.45, 7) is 1.87. The molecule has 0 spiro atoms. The van der Waals surface area contributed by atoms with Crippen molar-refractivity contribution in [2.45, 2.75) is 13.0 Å². The standard InChI is InChI=1S/C31H21ClN6O3/c1-17(37-30-26-23(39)12-13-33-29(26)34-16-35-30)28-27(32)22-9-5-8-21(18-10-11-19-15-36-41-24(19)14-18)25(22)31(40)38(28)20-6-3-2-4-7-20/h2-17H,1H3,(H2,33,34,35,37,39)/t17-/m0/s1. The molecule has 7 rings (SSSR count). The number of hydrogen-bond acceptors (Lipinski definition) is 7. The van der Waals surface area contributed by atoms with Crippen LogP contribution in [0, 0.1) is 0 Å². The molecule has 4 aromatic heterocycles. The Morgan fingerprint density at radius 1 is 0.976 bits per heavy atom. The van der Waals surface area contributed by atoms with Gasteiger partial charge in [0, 0.05) is 28.7 Å². The van der Waals surface area contributed by atoms with Gasteiger partial charge in [-0.1, -0.05) is 59.2 Å². The second-order valence-corrected chi connectivity index (χ2v) is 10.0. The zero-order valence-electron chi connectivity index (χ0n) is 21.6. The highest BCUT2D eigenvalue weighted by Crippen LogP contribution is 2.37. The van der Waals surface area contributed by atoms with Gasteiger partial charge in [-0.05, 0) is 42.3 Å². The van der Waals surface area contributed by atoms with E-state index in [1.165, 1.54) is 18.6 Å². The van der Waals surface area contributed by atoms with Crippen molar-refractivity contribution >= 4 is 50.2 Å². The van der Waals surface area contributed by atoms with E-state index >= 15 is 0 Å². The van der Waals surface area contributed by atoms with Gasteiger partial charge in [-0.15, -0.1) is 0 Å². The van der Waals surface area contributed by atoms with Gasteiger partial charge in [-0.3, -0.25) is 14.2 Å². The van der Waals surface area contributed by atoms with E-state index in [9.17, 15) is 9.59 Å². The fraction of sp³-hybridized carbons (Fsp3) is 0.0645. The van der Waals surface area contributed by atoms with Crippen LogP contribution in [0.5, 0.6) is 0 Å². The summed E-state index contributed by atoms with van der Waals surface area (Å²) in [5, 5.41) is 9.85. The minimum atomic E-state index is -0.535. The number of para-hydroxylation sites is 1. The molecule has 0 unspecified atom stereocenters. The van der Waals surface area contributed by atoms with Gasteiger partial charge in [0.15, 0.2) is 11.0 Å². The number of nitrogens with zero attached hydrogens (tertiary/aromatic N) is 4. The maximum Gasteiger partial charge on any atom is 0.263 e. The number of nitrogens with one attached hydrogen (secondary N) is 2. The smallest absolute Gasteiger partial charge is 0.263 e. The third-order valence-corrected chi connectivity index (χ3v) is 7.57. The lowest BCUT2D eigenvalue weighted by atomic mass is 9.97. The average molecular weight is 561 g/mol. The van der Waals surface area contributed by atoms with Gasteiger partial charge in [-0.2, -0.15) is 0 Å². The molecule has 10 heteroatoms. The predicted octanol–water partition coefficient (Wildman–Crippen LogP) is 6.26. The van der Waals surface area contributed by atoms with E-state index in [0.717, 1.165) is 16.5 Å². The van der Waals surface area contributed by atoms with Gasteiger partial charge >= 0.3 is 0 Å². The summed E-state index contributed by atoms with van der Waals surface area (Å²) in [7, 11) is 0. The number of halogens is 1. The summed E-state index contributed by atoms with van der Waals surface area (Å²) in [4.78, 5) is 38.7. The summed E-state index contributed by atoms with van der Waals surface area (Å²) >= 11 is 7.19. The molecule has 200 valence electrons. The van der Waals surface area contributed by atoms with Crippen LogP contribution in [-0.4, -0.2) is 24.7 Å². The van der Waals surface area contributed by atoms with E-state index in [-0.39, 0.29) is 11.0 Å². The molecule has 3 aromatic carbocycles. The molecular formula is C31H21ClN6O3. The lowest BCUT2D eigenvalue weighted by molar-refractivity contribution is 0.456. The predicted molar refractivity (Wildman–Crippen MR) is 160 cm³/mol. The lowest BCUT2D eigenvalue weighted by Crippen LogP contribution is -2.27. The Hall–Kier alpha value is -5.28. The molecule has 0 saturated carbocycles. The fourth-order valence-corrected chi connectivity index (χ4v) is 5.70. The molecule has 9 nitrogen and oxygen atoms in total. The van der Waals surface area contributed by atoms with Crippen LogP contribution in [0.15, 0.2) is 106 Å². The summed E-state index contributed by atoms with van der Waals surface area (Å²) in [5.74, 6) is 0.335. The monoisotopic (exact) mass is 560 g/mol. The molecule has 0 bridgehead atoms. The van der Waals surface area contributed by atoms with E-state index in [2.05, 4.69) is 25.4 Å². The van der Waals surface area contributed by atoms with Gasteiger partial charge in [-0.25, -0.2) is 9.97 Å². The van der Waals surface area contributed by atoms with Crippen LogP contribution in [0.2, 0.25) is 5.02 Å². The minimum absolute atomic E-state index is 0.229. The summed E-state index contributed by atoms with van der Waals surface area (Å²) in [6.07, 6.45) is 4.56. The first-order chi connectivity index (χ1) is 20.0. The van der Waals surface area contributed by atoms with Crippen LogP contribution in [-0.2, 0) is 0 Å². The number of fused-ring (bicyclic) bond motifs is 3. The minimum Gasteiger partial charge on any atom is -0.361 e. The number of hydrogen-bond donors (Lipinski definition) is 2. The summed E-state index contributed by atoms with van der Waals surface area (Å²) in [5.41, 5.74) is 3.26. The van der Waals surface area contributed by atoms with Gasteiger partial charge in [0.05, 0.1) is 28.3 Å². The van der Waals surface area contributed by atoms with Crippen molar-refractivity contribution < 1.29 is 4.52 Å². The number of aromatic nitrogens is 5. The first kappa shape index (κ1) is 24.7. The summed E-state index contributed by atoms with van der Waals surface area (Å²) in [6, 6.07) is 21.5. The molecular weight excluding hydrogens is 540 g/mol. The number of anilines is 1. The van der Waals surface area contributed by atoms with Gasteiger partial charge in [0.25, 0.3) is 5.56 Å². The molecule has 0 aliphatic rings. The van der Waals surface area contributed by atoms with E-state index in [1.54, 1.807) is 10.8 Å². The van der Waals surface area contributed by atoms with Crippen molar-refractivity contribution in [2.75, 3.05) is 5.32 Å². The second kappa shape index (κ2) is 9.72. The van der Waals surface area contributed by atoms with Crippen LogP contribution in [0.1, 0.15) is 18.7 Å². The molecule has 0 aliphatic heterocycles. The molecule has 7 aromatic rings. The molecule has 0 amide bonds. The topological polar surface area (TPSA) is 119 Å². The van der Waals surface area contributed by atoms with E-state index in [0.29, 0.717) is 49.6 Å². The van der Waals surface area contributed by atoms with Crippen molar-refractivity contribution in [1.82, 2.24) is 24.7 Å². The SMILES string of the molecule is C[C@H](Nc1ncnc2[nH]ccc(=O)c12)c1c(Cl)c2cccc(-c3ccc4cnoc4c3)c2c(=O)n1-c1ccccc1. The van der Waals surface area contributed by atoms with Crippen molar-refractivity contribution in [2.24, 2.45) is 0 Å². The van der Waals surface area contributed by atoms with Crippen LogP contribution in [0.3, 0.4) is 0 Å². The Labute approximate surface area is 237 Å². The largest absolute Gasteiger partial charge is 0.361 e. The molecule has 2 N–H and O–H groups in total. The highest BCUT2D eigenvalue weighted by atomic mass is 35.5. The Kier molecular flexibility index (Phi) is 5.87. The van der Waals surface area contributed by atoms with Crippen molar-refractivity contribution in [1.29, 1.82) is 0 Å². The maximum absolute atomic E-state index is 14.5. The first-order valence-corrected chi connectivity index (χ1v) is 13.3. The summed E-state index contributed by atoms with van der Waals surface area (Å²) < 4.78 is 7.00. The van der Waals surface area contributed by atoms with Crippen LogP contribution >= 0.6 is 11.6 Å². The average Bonchev–Trinajstić information content (AvgIpc) is 3.47. The molecule has 41 heavy (non-hydrogen) atoms. The number of pyridine rings is 2. The fourth-order valence-electron chi connectivity index (χ4n) is 5.30. The number of rotatable bonds is 5. The maximum atomic E-state index is 14.5. The van der Waals surface area contributed by atoms with E-state index in [1.807, 2.05) is 73.7 Å². The Balaban J connectivity index is 1.48. The number of aromatic amines is 1. The lowest BCUT2D eigenvalue weighted by Gasteiger charge is -2.24. The number of H-pyrrole nitrogens is 1. The first-order valence-electron chi connectivity index (χ1n) is 12.9. The van der Waals surface area contributed by atoms with Crippen LogP contribution < -0.4 is 16.3 Å². The third kappa shape index (κ3) is 4.06. The zero-order chi connectivity index (χ0) is 28.1. The van der Waals surface area contributed by atoms with Crippen molar-refractivity contribution in [3.05, 3.63) is 123 Å². The molecule has 0 fully saturated rings. The Bertz CT molecular complexity index is 2220. The molecule has 0 radical (unpaired) electrons. The molecule has 0 aliphatic carbocycles. The van der Waals surface area contributed by atoms with Crippen molar-refractivity contribution in [3.8, 4) is 16.8 Å². The van der Waals surface area contributed by atoms with E-state index < -0.39 is 6.04 Å². The quantitative estimate of drug-likeness (QED) is 0.255. The van der Waals surface area contributed by atoms with Gasteiger partial charge in [0.2, 0.25) is 0 Å². The Morgan fingerprint density at radius 3 is 2.68 bits per heavy atom. The second-order valence-electron chi connectivity index (χ2n) is 9.64. The number of benzene rings is 3. The molecule has 1 atom stereocenters. The van der Waals surface area contributed by atoms with Crippen LogP contribution in [0.4, 0.5) is 5.82 Å². The molecule has 0 saturated heterocycles. The molecule has 4 heterocycles. The van der Waals surface area contributed by atoms with Gasteiger partial charge in [0.1, 0.15) is 23.2 Å². The normalized spacial score (nSPS) is 12.2. The van der Waals surface area contributed by atoms with Crippen molar-refractivity contribution in [3.63, 3.8) is 0 Å². The van der Waals surface area contributed by atoms with Crippen LogP contribution in [0.25, 0.3) is 49.6 Å².